The van der Waals surface area contributed by atoms with Gasteiger partial charge in [-0.1, -0.05) is 0 Å². The Balaban J connectivity index is 1.58. The number of benzene rings is 1. The van der Waals surface area contributed by atoms with Crippen LogP contribution in [0.1, 0.15) is 6.42 Å². The molecule has 0 unspecified atom stereocenters. The summed E-state index contributed by atoms with van der Waals surface area (Å²) in [5.41, 5.74) is 4.78. The van der Waals surface area contributed by atoms with Gasteiger partial charge < -0.3 is 20.1 Å². The molecule has 0 aliphatic carbocycles. The van der Waals surface area contributed by atoms with Crippen LogP contribution in [0.2, 0.25) is 0 Å². The van der Waals surface area contributed by atoms with Crippen molar-refractivity contribution >= 4 is 39.0 Å². The largest absolute Gasteiger partial charge is 0.386 e. The second kappa shape index (κ2) is 7.35. The zero-order valence-electron chi connectivity index (χ0n) is 19.4. The van der Waals surface area contributed by atoms with Gasteiger partial charge in [-0.05, 0) is 19.4 Å². The molecule has 1 aromatic carbocycles. The summed E-state index contributed by atoms with van der Waals surface area (Å²) in [6.07, 6.45) is 8.26. The molecule has 7 rings (SSSR count). The fourth-order valence-corrected chi connectivity index (χ4v) is 6.05. The molecule has 2 N–H and O–H groups in total. The molecule has 10 heteroatoms. The Labute approximate surface area is 199 Å². The number of likely N-dealkylation sites (N-methyl/N-ethyl adjacent to an activating group) is 1. The number of H-pyrrole nitrogens is 1. The number of aromatic amines is 1. The maximum Gasteiger partial charge on any atom is 0.169 e. The van der Waals surface area contributed by atoms with E-state index in [-0.39, 0.29) is 11.4 Å². The molecule has 6 heterocycles. The van der Waals surface area contributed by atoms with Crippen molar-refractivity contribution in [1.82, 2.24) is 29.5 Å². The van der Waals surface area contributed by atoms with Crippen LogP contribution in [0.25, 0.3) is 38.7 Å². The third-order valence-electron chi connectivity index (χ3n) is 7.61. The number of fused-ring (bicyclic) bond motifs is 5. The van der Waals surface area contributed by atoms with Crippen LogP contribution in [0, 0.1) is 17.6 Å². The summed E-state index contributed by atoms with van der Waals surface area (Å²) < 4.78 is 31.9. The highest BCUT2D eigenvalue weighted by molar-refractivity contribution is 6.18. The van der Waals surface area contributed by atoms with Crippen LogP contribution >= 0.6 is 0 Å². The lowest BCUT2D eigenvalue weighted by atomic mass is 10.0. The highest BCUT2D eigenvalue weighted by Crippen LogP contribution is 2.46. The molecular weight excluding hydrogens is 450 g/mol. The van der Waals surface area contributed by atoms with Crippen LogP contribution in [0.4, 0.5) is 20.2 Å². The normalized spacial score (nSPS) is 20.5. The van der Waals surface area contributed by atoms with Gasteiger partial charge in [0.05, 0.1) is 33.9 Å². The quantitative estimate of drug-likeness (QED) is 0.413. The molecule has 2 saturated heterocycles. The van der Waals surface area contributed by atoms with E-state index in [4.69, 9.17) is 0 Å². The molecule has 0 radical (unpaired) electrons. The lowest BCUT2D eigenvalue weighted by molar-refractivity contribution is 0.386. The van der Waals surface area contributed by atoms with Gasteiger partial charge in [0.2, 0.25) is 0 Å². The number of pyridine rings is 1. The maximum absolute atomic E-state index is 15.5. The van der Waals surface area contributed by atoms with Crippen molar-refractivity contribution in [2.75, 3.05) is 43.9 Å². The summed E-state index contributed by atoms with van der Waals surface area (Å²) in [5, 5.41) is 8.14. The SMILES string of the molecule is CNc1cc(F)c(F)c2c1[nH]c1ncc(-c3cnc4ccnn4c3)c(N3CC[C@H]4CN(C)C[C@H]43)c12. The molecule has 2 fully saturated rings. The van der Waals surface area contributed by atoms with Gasteiger partial charge in [0.15, 0.2) is 17.3 Å². The summed E-state index contributed by atoms with van der Waals surface area (Å²) >= 11 is 0. The van der Waals surface area contributed by atoms with Crippen molar-refractivity contribution < 1.29 is 8.78 Å². The molecule has 0 spiro atoms. The summed E-state index contributed by atoms with van der Waals surface area (Å²) in [6, 6.07) is 3.31. The first kappa shape index (κ1) is 20.6. The monoisotopic (exact) mass is 474 g/mol. The molecule has 4 aromatic heterocycles. The minimum absolute atomic E-state index is 0.219. The van der Waals surface area contributed by atoms with E-state index in [2.05, 4.69) is 42.2 Å². The molecular formula is C25H24F2N8. The number of nitrogens with zero attached hydrogens (tertiary/aromatic N) is 6. The summed E-state index contributed by atoms with van der Waals surface area (Å²) in [4.78, 5) is 17.2. The van der Waals surface area contributed by atoms with E-state index in [9.17, 15) is 4.39 Å². The third-order valence-corrected chi connectivity index (χ3v) is 7.61. The van der Waals surface area contributed by atoms with Gasteiger partial charge >= 0.3 is 0 Å². The van der Waals surface area contributed by atoms with E-state index in [1.807, 2.05) is 12.3 Å². The van der Waals surface area contributed by atoms with Gasteiger partial charge in [0.1, 0.15) is 5.65 Å². The molecule has 0 amide bonds. The topological polar surface area (TPSA) is 77.4 Å². The fraction of sp³-hybridized carbons (Fsp3) is 0.320. The Morgan fingerprint density at radius 3 is 2.89 bits per heavy atom. The average molecular weight is 475 g/mol. The summed E-state index contributed by atoms with van der Waals surface area (Å²) in [7, 11) is 3.83. The second-order valence-corrected chi connectivity index (χ2v) is 9.60. The summed E-state index contributed by atoms with van der Waals surface area (Å²) in [5.74, 6) is -1.23. The Hall–Kier alpha value is -3.79. The number of hydrogen-bond acceptors (Lipinski definition) is 6. The highest BCUT2D eigenvalue weighted by atomic mass is 19.2. The standard InChI is InChI=1S/C25H24F2N8/c1-28-17-7-16(26)22(27)20-21-24(34-6-4-13-10-33(2)12-18(13)34)15(9-30-25(21)32-23(17)20)14-8-29-19-3-5-31-35(19)11-14/h3,5,7-9,11,13,18,28H,4,6,10,12H2,1-2H3,(H,30,32)/t13-,18+/m0/s1. The number of rotatable bonds is 3. The van der Waals surface area contributed by atoms with Gasteiger partial charge in [0.25, 0.3) is 0 Å². The number of halogens is 2. The Morgan fingerprint density at radius 1 is 1.14 bits per heavy atom. The van der Waals surface area contributed by atoms with Crippen LogP contribution in [-0.4, -0.2) is 69.2 Å². The molecule has 0 bridgehead atoms. The van der Waals surface area contributed by atoms with Crippen molar-refractivity contribution in [3.05, 3.63) is 48.6 Å². The molecule has 2 aliphatic rings. The number of aromatic nitrogens is 5. The summed E-state index contributed by atoms with van der Waals surface area (Å²) in [6.45, 7) is 2.80. The van der Waals surface area contributed by atoms with Gasteiger partial charge in [-0.15, -0.1) is 0 Å². The average Bonchev–Trinajstić information content (AvgIpc) is 3.62. The lowest BCUT2D eigenvalue weighted by Crippen LogP contribution is -2.35. The molecule has 0 saturated carbocycles. The van der Waals surface area contributed by atoms with Gasteiger partial charge in [-0.2, -0.15) is 5.10 Å². The highest BCUT2D eigenvalue weighted by Gasteiger charge is 2.42. The Morgan fingerprint density at radius 2 is 2.03 bits per heavy atom. The number of nitrogens with one attached hydrogen (secondary N) is 2. The van der Waals surface area contributed by atoms with E-state index >= 15 is 4.39 Å². The Kier molecular flexibility index (Phi) is 4.32. The number of hydrogen-bond donors (Lipinski definition) is 2. The lowest BCUT2D eigenvalue weighted by Gasteiger charge is -2.29. The molecule has 35 heavy (non-hydrogen) atoms. The second-order valence-electron chi connectivity index (χ2n) is 9.60. The van der Waals surface area contributed by atoms with Crippen molar-refractivity contribution in [1.29, 1.82) is 0 Å². The van der Waals surface area contributed by atoms with Crippen LogP contribution in [0.3, 0.4) is 0 Å². The zero-order chi connectivity index (χ0) is 23.8. The molecule has 178 valence electrons. The third kappa shape index (κ3) is 2.89. The predicted octanol–water partition coefficient (Wildman–Crippen LogP) is 3.89. The van der Waals surface area contributed by atoms with Gasteiger partial charge in [-0.3, -0.25) is 0 Å². The van der Waals surface area contributed by atoms with E-state index < -0.39 is 11.6 Å². The van der Waals surface area contributed by atoms with Crippen molar-refractivity contribution in [3.63, 3.8) is 0 Å². The van der Waals surface area contributed by atoms with Crippen LogP contribution in [0.5, 0.6) is 0 Å². The first-order chi connectivity index (χ1) is 17.0. The van der Waals surface area contributed by atoms with Crippen LogP contribution < -0.4 is 10.2 Å². The number of anilines is 2. The van der Waals surface area contributed by atoms with E-state index in [0.29, 0.717) is 28.2 Å². The van der Waals surface area contributed by atoms with E-state index in [0.717, 1.165) is 48.5 Å². The van der Waals surface area contributed by atoms with E-state index in [1.54, 1.807) is 30.2 Å². The minimum Gasteiger partial charge on any atom is -0.386 e. The molecule has 5 aromatic rings. The van der Waals surface area contributed by atoms with Crippen molar-refractivity contribution in [2.24, 2.45) is 5.92 Å². The van der Waals surface area contributed by atoms with E-state index in [1.165, 1.54) is 6.07 Å². The smallest absolute Gasteiger partial charge is 0.169 e. The predicted molar refractivity (Wildman–Crippen MR) is 132 cm³/mol. The first-order valence-corrected chi connectivity index (χ1v) is 11.8. The van der Waals surface area contributed by atoms with Crippen LogP contribution in [-0.2, 0) is 0 Å². The minimum atomic E-state index is -0.890. The molecule has 2 aliphatic heterocycles. The molecule has 8 nitrogen and oxygen atoms in total. The zero-order valence-corrected chi connectivity index (χ0v) is 19.4. The van der Waals surface area contributed by atoms with Crippen molar-refractivity contribution in [2.45, 2.75) is 12.5 Å². The maximum atomic E-state index is 15.5. The Bertz CT molecular complexity index is 1620. The molecule has 2 atom stereocenters. The number of likely N-dealkylation sites (tertiary alicyclic amines) is 1. The van der Waals surface area contributed by atoms with Crippen molar-refractivity contribution in [3.8, 4) is 11.1 Å². The van der Waals surface area contributed by atoms with Gasteiger partial charge in [-0.25, -0.2) is 23.3 Å². The first-order valence-electron chi connectivity index (χ1n) is 11.8. The fourth-order valence-electron chi connectivity index (χ4n) is 6.05. The van der Waals surface area contributed by atoms with Crippen LogP contribution in [0.15, 0.2) is 36.9 Å². The van der Waals surface area contributed by atoms with Gasteiger partial charge in [0, 0.05) is 74.6 Å².